The zero-order chi connectivity index (χ0) is 49.1. The maximum absolute atomic E-state index is 13.6. The van der Waals surface area contributed by atoms with Crippen LogP contribution in [0.1, 0.15) is 103 Å². The highest BCUT2D eigenvalue weighted by Crippen LogP contribution is 2.36. The van der Waals surface area contributed by atoms with Crippen molar-refractivity contribution >= 4 is 47.5 Å². The monoisotopic (exact) mass is 957 g/mol. The van der Waals surface area contributed by atoms with Gasteiger partial charge in [0.25, 0.3) is 0 Å². The molecule has 7 amide bonds. The molecule has 0 aliphatic heterocycles. The summed E-state index contributed by atoms with van der Waals surface area (Å²) in [5.74, 6) is -3.82. The van der Waals surface area contributed by atoms with Crippen LogP contribution in [0.5, 0.6) is 0 Å². The molecule has 0 radical (unpaired) electrons. The van der Waals surface area contributed by atoms with E-state index in [0.717, 1.165) is 37.0 Å². The molecule has 2 fully saturated rings. The average molecular weight is 957 g/mol. The van der Waals surface area contributed by atoms with Gasteiger partial charge in [-0.15, -0.1) is 0 Å². The van der Waals surface area contributed by atoms with Crippen LogP contribution in [0, 0.1) is 17.8 Å². The van der Waals surface area contributed by atoms with Gasteiger partial charge in [0.2, 0.25) is 35.4 Å². The average Bonchev–Trinajstić information content (AvgIpc) is 4.24. The number of ether oxygens (including phenoxy) is 6. The van der Waals surface area contributed by atoms with Gasteiger partial charge in [-0.1, -0.05) is 25.7 Å². The molecule has 0 spiro atoms. The van der Waals surface area contributed by atoms with E-state index in [2.05, 4.69) is 26.6 Å². The zero-order valence-corrected chi connectivity index (χ0v) is 39.9. The number of amides is 7. The Morgan fingerprint density at radius 1 is 0.582 bits per heavy atom. The van der Waals surface area contributed by atoms with Gasteiger partial charge in [-0.2, -0.15) is 0 Å². The number of alkyl carbamates (subject to hydrolysis) is 1. The Kier molecular flexibility index (Phi) is 31.8. The molecule has 0 aromatic rings. The van der Waals surface area contributed by atoms with Crippen molar-refractivity contribution in [2.45, 2.75) is 115 Å². The van der Waals surface area contributed by atoms with Crippen LogP contribution in [0.15, 0.2) is 0 Å². The van der Waals surface area contributed by atoms with Crippen LogP contribution < -0.4 is 38.1 Å². The van der Waals surface area contributed by atoms with E-state index in [9.17, 15) is 38.4 Å². The minimum atomic E-state index is -0.824. The molecule has 2 aliphatic carbocycles. The third-order valence-corrected chi connectivity index (χ3v) is 11.1. The van der Waals surface area contributed by atoms with Crippen LogP contribution in [0.2, 0.25) is 0 Å². The van der Waals surface area contributed by atoms with E-state index in [1.54, 1.807) is 7.11 Å². The lowest BCUT2D eigenvalue weighted by molar-refractivity contribution is -0.148. The molecular weight excluding hydrogens is 877 g/mol. The van der Waals surface area contributed by atoms with Gasteiger partial charge in [0, 0.05) is 64.7 Å². The van der Waals surface area contributed by atoms with Gasteiger partial charge in [0.15, 0.2) is 0 Å². The number of unbranched alkanes of at least 4 members (excludes halogenated alkanes) is 3. The second-order valence-corrected chi connectivity index (χ2v) is 17.0. The number of carbonyl (C=O) groups is 8. The number of rotatable bonds is 43. The molecule has 0 saturated heterocycles. The fourth-order valence-corrected chi connectivity index (χ4v) is 6.94. The Balaban J connectivity index is 1.93. The van der Waals surface area contributed by atoms with Crippen LogP contribution in [0.4, 0.5) is 4.79 Å². The summed E-state index contributed by atoms with van der Waals surface area (Å²) >= 11 is 0. The summed E-state index contributed by atoms with van der Waals surface area (Å²) < 4.78 is 30.8. The van der Waals surface area contributed by atoms with Crippen LogP contribution in [-0.2, 0) is 62.0 Å². The number of methoxy groups -OCH3 is 2. The van der Waals surface area contributed by atoms with E-state index in [-0.39, 0.29) is 77.1 Å². The van der Waals surface area contributed by atoms with Gasteiger partial charge in [-0.25, -0.2) is 4.79 Å². The largest absolute Gasteiger partial charge is 0.463 e. The highest BCUT2D eigenvalue weighted by atomic mass is 16.6. The molecular formula is C45H80N8O14. The second-order valence-electron chi connectivity index (χ2n) is 17.0. The van der Waals surface area contributed by atoms with E-state index < -0.39 is 66.6 Å². The summed E-state index contributed by atoms with van der Waals surface area (Å²) in [6, 6.07) is -0.127. The predicted molar refractivity (Wildman–Crippen MR) is 245 cm³/mol. The molecule has 67 heavy (non-hydrogen) atoms. The molecule has 0 bridgehead atoms. The maximum Gasteiger partial charge on any atom is 0.407 e. The highest BCUT2D eigenvalue weighted by Gasteiger charge is 2.29. The SMILES string of the molecule is COCCOCCOC(=O)CC(CCCCNC(=O)OCCOCCOC)C(=O)NCCC(=O)N(CC(=O)NCCCCC(CC1CC1)C(N)=O)CC(=O)NCCCCC(NC1CC1)C(N)=O. The number of hydrogen-bond donors (Lipinski definition) is 7. The van der Waals surface area contributed by atoms with E-state index in [4.69, 9.17) is 39.9 Å². The molecule has 2 saturated carbocycles. The quantitative estimate of drug-likeness (QED) is 0.0317. The van der Waals surface area contributed by atoms with E-state index >= 15 is 0 Å². The van der Waals surface area contributed by atoms with Gasteiger partial charge in [-0.05, 0) is 70.1 Å². The van der Waals surface area contributed by atoms with Crippen molar-refractivity contribution in [3.63, 3.8) is 0 Å². The fraction of sp³-hybridized carbons (Fsp3) is 0.822. The third kappa shape index (κ3) is 31.1. The molecule has 2 rings (SSSR count). The summed E-state index contributed by atoms with van der Waals surface area (Å²) in [6.45, 7) is 1.81. The van der Waals surface area contributed by atoms with Gasteiger partial charge in [0.05, 0.1) is 52.1 Å². The van der Waals surface area contributed by atoms with Crippen LogP contribution in [0.3, 0.4) is 0 Å². The molecule has 3 unspecified atom stereocenters. The van der Waals surface area contributed by atoms with E-state index in [0.29, 0.717) is 96.3 Å². The minimum Gasteiger partial charge on any atom is -0.463 e. The van der Waals surface area contributed by atoms with Gasteiger partial charge in [0.1, 0.15) is 26.3 Å². The summed E-state index contributed by atoms with van der Waals surface area (Å²) in [7, 11) is 3.09. The van der Waals surface area contributed by atoms with Crippen molar-refractivity contribution in [3.05, 3.63) is 0 Å². The second kappa shape index (κ2) is 36.4. The van der Waals surface area contributed by atoms with Crippen LogP contribution >= 0.6 is 0 Å². The minimum absolute atomic E-state index is 0.0183. The number of nitrogens with one attached hydrogen (secondary N) is 5. The number of nitrogens with two attached hydrogens (primary N) is 2. The standard InChI is InChI=1S/C45H80N8O14/c1-62-21-23-64-25-27-66-41(57)30-35(10-4-7-19-51-45(61)67-28-26-65-24-22-63-2)44(60)50-20-16-40(56)53(31-38(54)48-17-6-3-9-34(42(46)58)29-33-12-13-33)32-39(55)49-18-8-5-11-37(43(47)59)52-36-14-15-36/h33-37,52H,3-32H2,1-2H3,(H2,46,58)(H2,47,59)(H,48,54)(H,49,55)(H,50,60)(H,51,61). The zero-order valence-electron chi connectivity index (χ0n) is 39.9. The van der Waals surface area contributed by atoms with Gasteiger partial charge < -0.3 is 71.4 Å². The number of hydrogen-bond acceptors (Lipinski definition) is 15. The summed E-state index contributed by atoms with van der Waals surface area (Å²) in [5, 5.41) is 14.1. The smallest absolute Gasteiger partial charge is 0.407 e. The third-order valence-electron chi connectivity index (χ3n) is 11.1. The fourth-order valence-electron chi connectivity index (χ4n) is 6.94. The predicted octanol–water partition coefficient (Wildman–Crippen LogP) is 0.174. The summed E-state index contributed by atoms with van der Waals surface area (Å²) in [4.78, 5) is 103. The molecule has 9 N–H and O–H groups in total. The maximum atomic E-state index is 13.6. The lowest BCUT2D eigenvalue weighted by atomic mass is 9.95. The Morgan fingerprint density at radius 3 is 1.66 bits per heavy atom. The lowest BCUT2D eigenvalue weighted by Crippen LogP contribution is -2.47. The Morgan fingerprint density at radius 2 is 1.12 bits per heavy atom. The molecule has 0 aromatic carbocycles. The molecule has 0 heterocycles. The van der Waals surface area contributed by atoms with E-state index in [1.807, 2.05) is 0 Å². The molecule has 3 atom stereocenters. The van der Waals surface area contributed by atoms with Gasteiger partial charge in [-0.3, -0.25) is 33.6 Å². The van der Waals surface area contributed by atoms with Crippen LogP contribution in [-0.4, -0.2) is 171 Å². The summed E-state index contributed by atoms with van der Waals surface area (Å²) in [5.41, 5.74) is 11.1. The first-order valence-corrected chi connectivity index (χ1v) is 24.0. The molecule has 22 heteroatoms. The summed E-state index contributed by atoms with van der Waals surface area (Å²) in [6.07, 6.45) is 8.75. The van der Waals surface area contributed by atoms with Crippen molar-refractivity contribution in [2.24, 2.45) is 29.2 Å². The number of primary amides is 2. The van der Waals surface area contributed by atoms with Crippen molar-refractivity contribution < 1.29 is 66.8 Å². The Labute approximate surface area is 395 Å². The van der Waals surface area contributed by atoms with Crippen LogP contribution in [0.25, 0.3) is 0 Å². The van der Waals surface area contributed by atoms with E-state index in [1.165, 1.54) is 7.11 Å². The van der Waals surface area contributed by atoms with Crippen molar-refractivity contribution in [1.29, 1.82) is 0 Å². The van der Waals surface area contributed by atoms with Crippen molar-refractivity contribution in [3.8, 4) is 0 Å². The van der Waals surface area contributed by atoms with Gasteiger partial charge >= 0.3 is 12.1 Å². The molecule has 0 aromatic heterocycles. The molecule has 22 nitrogen and oxygen atoms in total. The first kappa shape index (κ1) is 58.5. The molecule has 2 aliphatic rings. The first-order valence-electron chi connectivity index (χ1n) is 24.0. The highest BCUT2D eigenvalue weighted by molar-refractivity contribution is 5.89. The number of nitrogens with zero attached hydrogens (tertiary/aromatic N) is 1. The first-order chi connectivity index (χ1) is 32.3. The lowest BCUT2D eigenvalue weighted by Gasteiger charge is -2.22. The van der Waals surface area contributed by atoms with Crippen molar-refractivity contribution in [2.75, 3.05) is 106 Å². The normalized spacial score (nSPS) is 14.5. The topological polar surface area (TPSA) is 307 Å². The van der Waals surface area contributed by atoms with Crippen molar-refractivity contribution in [1.82, 2.24) is 31.5 Å². The Hall–Kier alpha value is -4.64. The number of esters is 1. The molecule has 384 valence electrons. The number of carbonyl (C=O) groups excluding carboxylic acids is 8. The Bertz CT molecular complexity index is 1430.